The van der Waals surface area contributed by atoms with E-state index in [9.17, 15) is 14.0 Å². The van der Waals surface area contributed by atoms with Gasteiger partial charge in [-0.15, -0.1) is 0 Å². The number of rotatable bonds is 3. The summed E-state index contributed by atoms with van der Waals surface area (Å²) in [5.74, 6) is -2.44. The van der Waals surface area contributed by atoms with Crippen molar-refractivity contribution in [3.8, 4) is 0 Å². The number of aromatic carboxylic acids is 1. The standard InChI is InChI=1S/C13H7Cl2FN2O3/c14-8-3-7(16)4-9(15)11(8)18-12(19)10-2-1-6(5-17-10)13(20)21/h1-5H,(H,18,19)(H,20,21). The van der Waals surface area contributed by atoms with E-state index in [0.29, 0.717) is 0 Å². The van der Waals surface area contributed by atoms with Crippen molar-refractivity contribution in [2.24, 2.45) is 0 Å². The first-order valence-corrected chi connectivity index (χ1v) is 6.29. The number of hydrogen-bond donors (Lipinski definition) is 2. The Morgan fingerprint density at radius 2 is 1.81 bits per heavy atom. The fraction of sp³-hybridized carbons (Fsp3) is 0. The van der Waals surface area contributed by atoms with E-state index < -0.39 is 17.7 Å². The number of anilines is 1. The largest absolute Gasteiger partial charge is 0.478 e. The molecule has 1 amide bonds. The Balaban J connectivity index is 2.24. The maximum Gasteiger partial charge on any atom is 0.337 e. The average Bonchev–Trinajstić information content (AvgIpc) is 2.42. The Morgan fingerprint density at radius 1 is 1.19 bits per heavy atom. The first kappa shape index (κ1) is 15.2. The van der Waals surface area contributed by atoms with Crippen molar-refractivity contribution in [2.45, 2.75) is 0 Å². The van der Waals surface area contributed by atoms with Crippen LogP contribution in [-0.4, -0.2) is 22.0 Å². The van der Waals surface area contributed by atoms with Crippen LogP contribution in [0.15, 0.2) is 30.5 Å². The third kappa shape index (κ3) is 3.48. The molecule has 0 spiro atoms. The lowest BCUT2D eigenvalue weighted by Gasteiger charge is -2.09. The summed E-state index contributed by atoms with van der Waals surface area (Å²) in [7, 11) is 0. The molecule has 21 heavy (non-hydrogen) atoms. The van der Waals surface area contributed by atoms with Gasteiger partial charge in [0.2, 0.25) is 0 Å². The molecule has 5 nitrogen and oxygen atoms in total. The molecule has 1 aromatic heterocycles. The minimum Gasteiger partial charge on any atom is -0.478 e. The molecular weight excluding hydrogens is 322 g/mol. The Kier molecular flexibility index (Phi) is 4.40. The molecule has 2 rings (SSSR count). The van der Waals surface area contributed by atoms with Gasteiger partial charge in [0.1, 0.15) is 11.5 Å². The molecule has 2 aromatic rings. The van der Waals surface area contributed by atoms with Gasteiger partial charge in [0, 0.05) is 6.20 Å². The zero-order valence-corrected chi connectivity index (χ0v) is 11.7. The predicted molar refractivity (Wildman–Crippen MR) is 75.6 cm³/mol. The second-order valence-electron chi connectivity index (χ2n) is 3.94. The smallest absolute Gasteiger partial charge is 0.337 e. The van der Waals surface area contributed by atoms with E-state index in [0.717, 1.165) is 18.3 Å². The molecule has 0 radical (unpaired) electrons. The molecule has 0 aliphatic heterocycles. The molecular formula is C13H7Cl2FN2O3. The van der Waals surface area contributed by atoms with E-state index in [1.807, 2.05) is 0 Å². The lowest BCUT2D eigenvalue weighted by molar-refractivity contribution is 0.0696. The molecule has 0 saturated carbocycles. The zero-order chi connectivity index (χ0) is 15.6. The third-order valence-electron chi connectivity index (χ3n) is 2.49. The highest BCUT2D eigenvalue weighted by Crippen LogP contribution is 2.31. The van der Waals surface area contributed by atoms with Crippen LogP contribution in [-0.2, 0) is 0 Å². The van der Waals surface area contributed by atoms with Gasteiger partial charge in [-0.2, -0.15) is 0 Å². The van der Waals surface area contributed by atoms with E-state index in [-0.39, 0.29) is 27.0 Å². The summed E-state index contributed by atoms with van der Waals surface area (Å²) < 4.78 is 13.0. The fourth-order valence-corrected chi connectivity index (χ4v) is 2.05. The van der Waals surface area contributed by atoms with Gasteiger partial charge in [-0.3, -0.25) is 9.78 Å². The van der Waals surface area contributed by atoms with Crippen LogP contribution in [0.5, 0.6) is 0 Å². The lowest BCUT2D eigenvalue weighted by Crippen LogP contribution is -2.15. The van der Waals surface area contributed by atoms with Crippen LogP contribution < -0.4 is 5.32 Å². The number of amides is 1. The van der Waals surface area contributed by atoms with E-state index in [1.165, 1.54) is 12.1 Å². The highest BCUT2D eigenvalue weighted by molar-refractivity contribution is 6.40. The first-order chi connectivity index (χ1) is 9.88. The molecule has 108 valence electrons. The van der Waals surface area contributed by atoms with Crippen LogP contribution in [0.3, 0.4) is 0 Å². The van der Waals surface area contributed by atoms with Crippen molar-refractivity contribution in [3.63, 3.8) is 0 Å². The molecule has 0 aliphatic carbocycles. The van der Waals surface area contributed by atoms with Gasteiger partial charge < -0.3 is 10.4 Å². The number of carbonyl (C=O) groups excluding carboxylic acids is 1. The van der Waals surface area contributed by atoms with Gasteiger partial charge in [-0.05, 0) is 24.3 Å². The number of aromatic nitrogens is 1. The zero-order valence-electron chi connectivity index (χ0n) is 10.2. The summed E-state index contributed by atoms with van der Waals surface area (Å²) in [5, 5.41) is 11.0. The maximum atomic E-state index is 13.0. The highest BCUT2D eigenvalue weighted by atomic mass is 35.5. The molecule has 0 bridgehead atoms. The molecule has 8 heteroatoms. The molecule has 0 atom stereocenters. The number of carbonyl (C=O) groups is 2. The Hall–Kier alpha value is -2.18. The Labute approximate surface area is 128 Å². The van der Waals surface area contributed by atoms with Crippen LogP contribution in [0.4, 0.5) is 10.1 Å². The van der Waals surface area contributed by atoms with Crippen LogP contribution in [0.25, 0.3) is 0 Å². The summed E-state index contributed by atoms with van der Waals surface area (Å²) in [6.07, 6.45) is 1.05. The molecule has 0 aliphatic rings. The molecule has 0 unspecified atom stereocenters. The number of nitrogens with one attached hydrogen (secondary N) is 1. The number of pyridine rings is 1. The van der Waals surface area contributed by atoms with Gasteiger partial charge in [-0.1, -0.05) is 23.2 Å². The molecule has 1 aromatic carbocycles. The van der Waals surface area contributed by atoms with E-state index in [4.69, 9.17) is 28.3 Å². The number of nitrogens with zero attached hydrogens (tertiary/aromatic N) is 1. The molecule has 2 N–H and O–H groups in total. The number of hydrogen-bond acceptors (Lipinski definition) is 3. The molecule has 1 heterocycles. The van der Waals surface area contributed by atoms with Gasteiger partial charge >= 0.3 is 5.97 Å². The fourth-order valence-electron chi connectivity index (χ4n) is 1.49. The first-order valence-electron chi connectivity index (χ1n) is 5.53. The molecule has 0 fully saturated rings. The van der Waals surface area contributed by atoms with Crippen molar-refractivity contribution in [1.29, 1.82) is 0 Å². The number of carboxylic acids is 1. The van der Waals surface area contributed by atoms with Crippen molar-refractivity contribution >= 4 is 40.8 Å². The second-order valence-corrected chi connectivity index (χ2v) is 4.75. The number of carboxylic acid groups (broad SMARTS) is 1. The van der Waals surface area contributed by atoms with Crippen molar-refractivity contribution in [3.05, 3.63) is 57.6 Å². The van der Waals surface area contributed by atoms with Gasteiger partial charge in [0.15, 0.2) is 0 Å². The maximum absolute atomic E-state index is 13.0. The number of benzene rings is 1. The van der Waals surface area contributed by atoms with E-state index in [1.54, 1.807) is 0 Å². The van der Waals surface area contributed by atoms with Gasteiger partial charge in [-0.25, -0.2) is 9.18 Å². The van der Waals surface area contributed by atoms with Crippen molar-refractivity contribution in [1.82, 2.24) is 4.98 Å². The average molecular weight is 329 g/mol. The van der Waals surface area contributed by atoms with Crippen LogP contribution >= 0.6 is 23.2 Å². The minimum absolute atomic E-state index is 0.0311. The second kappa shape index (κ2) is 6.07. The Morgan fingerprint density at radius 3 is 2.29 bits per heavy atom. The monoisotopic (exact) mass is 328 g/mol. The van der Waals surface area contributed by atoms with Crippen molar-refractivity contribution < 1.29 is 19.1 Å². The van der Waals surface area contributed by atoms with E-state index in [2.05, 4.69) is 10.3 Å². The third-order valence-corrected chi connectivity index (χ3v) is 3.08. The summed E-state index contributed by atoms with van der Waals surface area (Å²) in [6, 6.07) is 4.48. The van der Waals surface area contributed by atoms with Crippen LogP contribution in [0.1, 0.15) is 20.8 Å². The summed E-state index contributed by atoms with van der Waals surface area (Å²) in [5.41, 5.74) is -0.0327. The summed E-state index contributed by atoms with van der Waals surface area (Å²) >= 11 is 11.6. The lowest BCUT2D eigenvalue weighted by atomic mass is 10.2. The predicted octanol–water partition coefficient (Wildman–Crippen LogP) is 3.48. The molecule has 0 saturated heterocycles. The van der Waals surface area contributed by atoms with Crippen molar-refractivity contribution in [2.75, 3.05) is 5.32 Å². The summed E-state index contributed by atoms with van der Waals surface area (Å²) in [6.45, 7) is 0. The normalized spacial score (nSPS) is 10.2. The highest BCUT2D eigenvalue weighted by Gasteiger charge is 2.14. The van der Waals surface area contributed by atoms with Crippen LogP contribution in [0, 0.1) is 5.82 Å². The summed E-state index contributed by atoms with van der Waals surface area (Å²) in [4.78, 5) is 26.4. The van der Waals surface area contributed by atoms with E-state index >= 15 is 0 Å². The number of halogens is 3. The minimum atomic E-state index is -1.15. The quantitative estimate of drug-likeness (QED) is 0.904. The topological polar surface area (TPSA) is 79.3 Å². The van der Waals surface area contributed by atoms with Crippen LogP contribution in [0.2, 0.25) is 10.0 Å². The SMILES string of the molecule is O=C(O)c1ccc(C(=O)Nc2c(Cl)cc(F)cc2Cl)nc1. The van der Waals surface area contributed by atoms with Gasteiger partial charge in [0.05, 0.1) is 21.3 Å². The Bertz CT molecular complexity index is 697. The van der Waals surface area contributed by atoms with Gasteiger partial charge in [0.25, 0.3) is 5.91 Å².